The van der Waals surface area contributed by atoms with Crippen LogP contribution in [0.15, 0.2) is 24.3 Å². The van der Waals surface area contributed by atoms with E-state index in [1.165, 1.54) is 38.5 Å². The van der Waals surface area contributed by atoms with Gasteiger partial charge in [0.2, 0.25) is 5.91 Å². The fourth-order valence-corrected chi connectivity index (χ4v) is 5.91. The predicted molar refractivity (Wildman–Crippen MR) is 145 cm³/mol. The third-order valence-electron chi connectivity index (χ3n) is 7.85. The third-order valence-corrected chi connectivity index (χ3v) is 8.20. The molecule has 2 aromatic heterocycles. The number of H-pyrrole nitrogens is 1. The molecule has 1 aromatic carbocycles. The number of nitrogens with one attached hydrogen (secondary N) is 2. The van der Waals surface area contributed by atoms with Crippen LogP contribution in [0, 0.1) is 5.92 Å². The highest BCUT2D eigenvalue weighted by atomic mass is 35.5. The zero-order valence-electron chi connectivity index (χ0n) is 21.9. The van der Waals surface area contributed by atoms with Gasteiger partial charge in [-0.1, -0.05) is 64.5 Å². The molecular weight excluding hydrogens is 474 g/mol. The van der Waals surface area contributed by atoms with E-state index in [4.69, 9.17) is 21.3 Å². The maximum absolute atomic E-state index is 11.5. The highest BCUT2D eigenvalue weighted by Gasteiger charge is 2.36. The smallest absolute Gasteiger partial charge is 0.224 e. The van der Waals surface area contributed by atoms with Crippen LogP contribution in [-0.4, -0.2) is 32.3 Å². The molecule has 0 atom stereocenters. The number of fused-ring (bicyclic) bond motifs is 1. The van der Waals surface area contributed by atoms with Crippen molar-refractivity contribution in [3.63, 3.8) is 0 Å². The summed E-state index contributed by atoms with van der Waals surface area (Å²) < 4.78 is 7.61. The molecule has 1 amide bonds. The molecule has 0 bridgehead atoms. The van der Waals surface area contributed by atoms with Crippen molar-refractivity contribution in [2.75, 3.05) is 11.9 Å². The number of rotatable bonds is 12. The molecule has 2 N–H and O–H groups in total. The number of aromatic amines is 1. The molecule has 7 nitrogen and oxygen atoms in total. The van der Waals surface area contributed by atoms with Crippen LogP contribution >= 0.6 is 11.6 Å². The van der Waals surface area contributed by atoms with Crippen LogP contribution in [0.4, 0.5) is 5.69 Å². The summed E-state index contributed by atoms with van der Waals surface area (Å²) in [6, 6.07) is 7.43. The summed E-state index contributed by atoms with van der Waals surface area (Å²) in [7, 11) is 0. The number of benzene rings is 1. The Bertz CT molecular complexity index is 1130. The lowest BCUT2D eigenvalue weighted by Crippen LogP contribution is -2.29. The van der Waals surface area contributed by atoms with Gasteiger partial charge in [0.1, 0.15) is 10.8 Å². The number of ether oxygens (including phenoxy) is 1. The highest BCUT2D eigenvalue weighted by Crippen LogP contribution is 2.44. The van der Waals surface area contributed by atoms with Gasteiger partial charge in [0, 0.05) is 23.9 Å². The fourth-order valence-electron chi connectivity index (χ4n) is 5.54. The van der Waals surface area contributed by atoms with Crippen molar-refractivity contribution >= 4 is 28.8 Å². The van der Waals surface area contributed by atoms with Gasteiger partial charge in [-0.2, -0.15) is 4.63 Å². The number of nitrogens with zero attached hydrogens (tertiary/aromatic N) is 3. The van der Waals surface area contributed by atoms with Crippen molar-refractivity contribution in [2.24, 2.45) is 5.92 Å². The number of aryl methyl sites for hydroxylation is 1. The Morgan fingerprint density at radius 3 is 2.53 bits per heavy atom. The molecule has 4 rings (SSSR count). The Hall–Kier alpha value is -2.54. The maximum atomic E-state index is 11.5. The second-order valence-electron chi connectivity index (χ2n) is 10.1. The molecule has 0 aliphatic heterocycles. The Balaban J connectivity index is 1.34. The van der Waals surface area contributed by atoms with E-state index < -0.39 is 0 Å². The lowest BCUT2D eigenvalue weighted by Gasteiger charge is -2.36. The Labute approximate surface area is 219 Å². The van der Waals surface area contributed by atoms with Crippen molar-refractivity contribution in [1.29, 1.82) is 0 Å². The monoisotopic (exact) mass is 513 g/mol. The van der Waals surface area contributed by atoms with Gasteiger partial charge in [-0.05, 0) is 55.9 Å². The van der Waals surface area contributed by atoms with E-state index in [-0.39, 0.29) is 11.3 Å². The molecule has 8 heteroatoms. The van der Waals surface area contributed by atoms with Gasteiger partial charge < -0.3 is 10.1 Å². The van der Waals surface area contributed by atoms with Crippen molar-refractivity contribution in [2.45, 2.75) is 96.8 Å². The van der Waals surface area contributed by atoms with Gasteiger partial charge in [-0.3, -0.25) is 9.89 Å². The number of carbonyl (C=O) groups is 1. The molecule has 1 fully saturated rings. The Morgan fingerprint density at radius 2 is 1.89 bits per heavy atom. The molecule has 1 saturated carbocycles. The highest BCUT2D eigenvalue weighted by molar-refractivity contribution is 6.34. The van der Waals surface area contributed by atoms with Crippen molar-refractivity contribution in [1.82, 2.24) is 19.8 Å². The topological polar surface area (TPSA) is 84.3 Å². The van der Waals surface area contributed by atoms with E-state index in [1.54, 1.807) is 4.63 Å². The Morgan fingerprint density at radius 1 is 1.17 bits per heavy atom. The van der Waals surface area contributed by atoms with Crippen molar-refractivity contribution in [3.8, 4) is 5.75 Å². The zero-order valence-corrected chi connectivity index (χ0v) is 22.7. The van der Waals surface area contributed by atoms with E-state index in [2.05, 4.69) is 29.4 Å². The zero-order chi connectivity index (χ0) is 25.5. The van der Waals surface area contributed by atoms with Crippen molar-refractivity contribution in [3.05, 3.63) is 40.8 Å². The molecule has 2 heterocycles. The summed E-state index contributed by atoms with van der Waals surface area (Å²) in [5.74, 6) is 2.32. The van der Waals surface area contributed by atoms with Gasteiger partial charge >= 0.3 is 0 Å². The minimum atomic E-state index is -0.000934. The minimum absolute atomic E-state index is 0.000934. The summed E-state index contributed by atoms with van der Waals surface area (Å²) in [6.45, 7) is 6.94. The van der Waals surface area contributed by atoms with Crippen molar-refractivity contribution < 1.29 is 9.53 Å². The summed E-state index contributed by atoms with van der Waals surface area (Å²) in [5.41, 5.74) is 2.65. The number of amides is 1. The molecule has 3 aromatic rings. The molecule has 0 saturated heterocycles. The van der Waals surface area contributed by atoms with Crippen LogP contribution < -0.4 is 10.1 Å². The van der Waals surface area contributed by atoms with Crippen LogP contribution in [0.2, 0.25) is 5.02 Å². The summed E-state index contributed by atoms with van der Waals surface area (Å²) in [6.07, 6.45) is 12.0. The van der Waals surface area contributed by atoms with Gasteiger partial charge in [-0.15, -0.1) is 5.10 Å². The first-order valence-corrected chi connectivity index (χ1v) is 14.0. The number of anilines is 1. The summed E-state index contributed by atoms with van der Waals surface area (Å²) in [5, 5.41) is 11.7. The normalized spacial score (nSPS) is 14.9. The number of hydrogen-bond acceptors (Lipinski definition) is 4. The largest absolute Gasteiger partial charge is 0.494 e. The molecule has 1 aliphatic rings. The van der Waals surface area contributed by atoms with E-state index in [9.17, 15) is 4.79 Å². The average Bonchev–Trinajstić information content (AvgIpc) is 3.45. The van der Waals surface area contributed by atoms with Gasteiger partial charge in [0.05, 0.1) is 12.3 Å². The van der Waals surface area contributed by atoms with E-state index in [1.807, 2.05) is 31.2 Å². The first kappa shape index (κ1) is 26.5. The van der Waals surface area contributed by atoms with Gasteiger partial charge in [0.15, 0.2) is 11.5 Å². The number of halogens is 1. The van der Waals surface area contributed by atoms with E-state index in [0.29, 0.717) is 19.4 Å². The minimum Gasteiger partial charge on any atom is -0.494 e. The number of hydrogen-bond donors (Lipinski definition) is 2. The van der Waals surface area contributed by atoms with Crippen LogP contribution in [-0.2, 0) is 16.6 Å². The molecule has 36 heavy (non-hydrogen) atoms. The second kappa shape index (κ2) is 12.1. The summed E-state index contributed by atoms with van der Waals surface area (Å²) in [4.78, 5) is 16.2. The van der Waals surface area contributed by atoms with Gasteiger partial charge in [0.25, 0.3) is 0 Å². The second-order valence-corrected chi connectivity index (χ2v) is 10.5. The maximum Gasteiger partial charge on any atom is 0.224 e. The molecule has 1 aliphatic carbocycles. The first-order chi connectivity index (χ1) is 17.5. The molecule has 0 spiro atoms. The Kier molecular flexibility index (Phi) is 8.94. The number of carbonyl (C=O) groups excluding carboxylic acids is 1. The average molecular weight is 514 g/mol. The van der Waals surface area contributed by atoms with Crippen LogP contribution in [0.1, 0.15) is 96.5 Å². The standard InChI is InChI=1S/C28H40ClN5O2/c1-4-24(35)30-21-14-16-22(17-15-21)36-18-10-13-23-31-27-25(29)26(33-34(27)32-23)28(5-2,6-3)19-20-11-8-7-9-12-20/h14-17,20,33H,4-13,18-19H2,1-3H3,(H,30,35). The number of aromatic nitrogens is 4. The van der Waals surface area contributed by atoms with Crippen LogP contribution in [0.25, 0.3) is 5.65 Å². The quantitative estimate of drug-likeness (QED) is 0.253. The lowest BCUT2D eigenvalue weighted by atomic mass is 9.69. The van der Waals surface area contributed by atoms with Gasteiger partial charge in [-0.25, -0.2) is 4.98 Å². The molecule has 0 unspecified atom stereocenters. The lowest BCUT2D eigenvalue weighted by molar-refractivity contribution is -0.115. The third kappa shape index (κ3) is 6.05. The first-order valence-electron chi connectivity index (χ1n) is 13.6. The van der Waals surface area contributed by atoms with E-state index >= 15 is 0 Å². The molecule has 0 radical (unpaired) electrons. The van der Waals surface area contributed by atoms with Crippen LogP contribution in [0.3, 0.4) is 0 Å². The molecular formula is C28H40ClN5O2. The van der Waals surface area contributed by atoms with E-state index in [0.717, 1.165) is 58.8 Å². The molecule has 196 valence electrons. The van der Waals surface area contributed by atoms with Crippen LogP contribution in [0.5, 0.6) is 5.75 Å². The fraction of sp³-hybridized carbons (Fsp3) is 0.607. The SMILES string of the molecule is CCC(=O)Nc1ccc(OCCCc2nc3c(Cl)c(C(CC)(CC)CC4CCCCC4)[nH]n3n2)cc1. The predicted octanol–water partition coefficient (Wildman–Crippen LogP) is 7.10. The summed E-state index contributed by atoms with van der Waals surface area (Å²) >= 11 is 6.92.